The number of rotatable bonds is 7. The van der Waals surface area contributed by atoms with Crippen LogP contribution in [0.15, 0.2) is 47.4 Å². The van der Waals surface area contributed by atoms with E-state index in [0.717, 1.165) is 29.5 Å². The highest BCUT2D eigenvalue weighted by molar-refractivity contribution is 8.00. The largest absolute Gasteiger partial charge is 0.496 e. The quantitative estimate of drug-likeness (QED) is 0.431. The van der Waals surface area contributed by atoms with Gasteiger partial charge in [-0.3, -0.25) is 14.9 Å². The zero-order valence-corrected chi connectivity index (χ0v) is 14.9. The molecule has 0 fully saturated rings. The number of carbonyl (C=O) groups excluding carboxylic acids is 1. The number of nitro groups is 1. The second kappa shape index (κ2) is 8.76. The Hall–Kier alpha value is -2.75. The fourth-order valence-electron chi connectivity index (χ4n) is 2.20. The highest BCUT2D eigenvalue weighted by Crippen LogP contribution is 2.36. The summed E-state index contributed by atoms with van der Waals surface area (Å²) in [5.41, 5.74) is -1.05. The molecule has 0 saturated heterocycles. The summed E-state index contributed by atoms with van der Waals surface area (Å²) in [4.78, 5) is 22.1. The Labute approximate surface area is 156 Å². The third-order valence-corrected chi connectivity index (χ3v) is 4.57. The summed E-state index contributed by atoms with van der Waals surface area (Å²) in [6.45, 7) is 0.193. The van der Waals surface area contributed by atoms with Gasteiger partial charge < -0.3 is 10.1 Å². The lowest BCUT2D eigenvalue weighted by Crippen LogP contribution is -2.24. The molecule has 27 heavy (non-hydrogen) atoms. The minimum absolute atomic E-state index is 0.0135. The van der Waals surface area contributed by atoms with Crippen molar-refractivity contribution in [2.24, 2.45) is 0 Å². The molecule has 6 nitrogen and oxygen atoms in total. The Balaban J connectivity index is 2.01. The Morgan fingerprint density at radius 1 is 1.26 bits per heavy atom. The molecule has 0 aliphatic carbocycles. The molecule has 144 valence electrons. The van der Waals surface area contributed by atoms with Crippen molar-refractivity contribution in [2.45, 2.75) is 17.6 Å². The summed E-state index contributed by atoms with van der Waals surface area (Å²) in [7, 11) is 1.50. The number of nitro benzene ring substituents is 1. The second-order valence-electron chi connectivity index (χ2n) is 5.31. The van der Waals surface area contributed by atoms with Crippen molar-refractivity contribution in [1.29, 1.82) is 0 Å². The Bertz CT molecular complexity index is 843. The molecular weight excluding hydrogens is 385 g/mol. The molecule has 0 atom stereocenters. The van der Waals surface area contributed by atoms with E-state index in [0.29, 0.717) is 11.8 Å². The van der Waals surface area contributed by atoms with Crippen LogP contribution in [-0.4, -0.2) is 23.7 Å². The molecule has 2 aromatic carbocycles. The smallest absolute Gasteiger partial charge is 0.416 e. The third kappa shape index (κ3) is 5.61. The molecule has 2 rings (SSSR count). The predicted octanol–water partition coefficient (Wildman–Crippen LogP) is 4.03. The Morgan fingerprint density at radius 3 is 2.59 bits per heavy atom. The molecule has 0 unspecified atom stereocenters. The van der Waals surface area contributed by atoms with Crippen LogP contribution in [0.3, 0.4) is 0 Å². The van der Waals surface area contributed by atoms with Gasteiger partial charge in [0.05, 0.1) is 28.2 Å². The highest BCUT2D eigenvalue weighted by Gasteiger charge is 2.33. The van der Waals surface area contributed by atoms with E-state index in [1.165, 1.54) is 7.11 Å². The van der Waals surface area contributed by atoms with Crippen LogP contribution < -0.4 is 10.1 Å². The number of halogens is 3. The van der Waals surface area contributed by atoms with E-state index in [9.17, 15) is 28.1 Å². The van der Waals surface area contributed by atoms with Crippen molar-refractivity contribution >= 4 is 23.4 Å². The van der Waals surface area contributed by atoms with Crippen LogP contribution in [0.4, 0.5) is 18.9 Å². The fourth-order valence-corrected chi connectivity index (χ4v) is 3.03. The van der Waals surface area contributed by atoms with Crippen molar-refractivity contribution in [3.8, 4) is 5.75 Å². The van der Waals surface area contributed by atoms with Gasteiger partial charge in [-0.2, -0.15) is 13.2 Å². The molecule has 0 saturated carbocycles. The molecular formula is C17H15F3N2O4S. The lowest BCUT2D eigenvalue weighted by molar-refractivity contribution is -0.388. The minimum Gasteiger partial charge on any atom is -0.496 e. The monoisotopic (exact) mass is 400 g/mol. The first-order valence-corrected chi connectivity index (χ1v) is 8.58. The summed E-state index contributed by atoms with van der Waals surface area (Å²) in [5.74, 6) is 0.00498. The van der Waals surface area contributed by atoms with Gasteiger partial charge in [-0.25, -0.2) is 0 Å². The molecule has 0 aromatic heterocycles. The maximum atomic E-state index is 12.7. The molecule has 10 heteroatoms. The number of thioether (sulfide) groups is 1. The van der Waals surface area contributed by atoms with Gasteiger partial charge in [0.25, 0.3) is 5.69 Å². The second-order valence-corrected chi connectivity index (χ2v) is 6.33. The predicted molar refractivity (Wildman–Crippen MR) is 93.7 cm³/mol. The van der Waals surface area contributed by atoms with Gasteiger partial charge in [0.2, 0.25) is 5.91 Å². The number of alkyl halides is 3. The number of benzene rings is 2. The summed E-state index contributed by atoms with van der Waals surface area (Å²) >= 11 is 0.796. The number of hydrogen-bond acceptors (Lipinski definition) is 5. The average Bonchev–Trinajstić information content (AvgIpc) is 2.63. The zero-order valence-electron chi connectivity index (χ0n) is 14.1. The number of ether oxygens (including phenoxy) is 1. The van der Waals surface area contributed by atoms with Crippen molar-refractivity contribution in [3.63, 3.8) is 0 Å². The summed E-state index contributed by atoms with van der Waals surface area (Å²) in [6, 6.07) is 9.29. The highest BCUT2D eigenvalue weighted by atomic mass is 32.2. The van der Waals surface area contributed by atoms with Gasteiger partial charge in [0.15, 0.2) is 0 Å². The molecule has 0 spiro atoms. The SMILES string of the molecule is COc1ccccc1CNC(=O)CSc1ccc(C(F)(F)F)cc1[N+](=O)[O-]. The van der Waals surface area contributed by atoms with E-state index < -0.39 is 28.3 Å². The Morgan fingerprint density at radius 2 is 1.96 bits per heavy atom. The summed E-state index contributed by atoms with van der Waals surface area (Å²) in [5, 5.41) is 13.7. The topological polar surface area (TPSA) is 81.5 Å². The first kappa shape index (κ1) is 20.6. The maximum Gasteiger partial charge on any atom is 0.416 e. The van der Waals surface area contributed by atoms with E-state index >= 15 is 0 Å². The van der Waals surface area contributed by atoms with E-state index in [2.05, 4.69) is 5.32 Å². The third-order valence-electron chi connectivity index (χ3n) is 3.51. The lowest BCUT2D eigenvalue weighted by Gasteiger charge is -2.10. The van der Waals surface area contributed by atoms with Crippen LogP contribution in [0.2, 0.25) is 0 Å². The molecule has 0 heterocycles. The maximum absolute atomic E-state index is 12.7. The van der Waals surface area contributed by atoms with Crippen molar-refractivity contribution in [1.82, 2.24) is 5.32 Å². The van der Waals surface area contributed by atoms with Gasteiger partial charge in [-0.05, 0) is 18.2 Å². The molecule has 0 aliphatic rings. The fraction of sp³-hybridized carbons (Fsp3) is 0.235. The number of carbonyl (C=O) groups is 1. The van der Waals surface area contributed by atoms with Gasteiger partial charge in [-0.1, -0.05) is 18.2 Å². The zero-order chi connectivity index (χ0) is 20.0. The number of amides is 1. The van der Waals surface area contributed by atoms with Crippen LogP contribution in [0.1, 0.15) is 11.1 Å². The Kier molecular flexibility index (Phi) is 6.67. The van der Waals surface area contributed by atoms with Crippen molar-refractivity contribution in [3.05, 3.63) is 63.7 Å². The minimum atomic E-state index is -4.68. The van der Waals surface area contributed by atoms with E-state index in [1.54, 1.807) is 24.3 Å². The molecule has 1 amide bonds. The van der Waals surface area contributed by atoms with Crippen molar-refractivity contribution in [2.75, 3.05) is 12.9 Å². The number of hydrogen-bond donors (Lipinski definition) is 1. The molecule has 0 bridgehead atoms. The van der Waals surface area contributed by atoms with E-state index in [4.69, 9.17) is 4.74 Å². The number of para-hydroxylation sites is 1. The van der Waals surface area contributed by atoms with Gasteiger partial charge in [0.1, 0.15) is 5.75 Å². The van der Waals surface area contributed by atoms with Crippen LogP contribution in [0.5, 0.6) is 5.75 Å². The van der Waals surface area contributed by atoms with Crippen LogP contribution >= 0.6 is 11.8 Å². The first-order valence-electron chi connectivity index (χ1n) is 7.59. The van der Waals surface area contributed by atoms with Gasteiger partial charge in [-0.15, -0.1) is 11.8 Å². The normalized spacial score (nSPS) is 11.1. The molecule has 2 aromatic rings. The van der Waals surface area contributed by atoms with E-state index in [-0.39, 0.29) is 17.2 Å². The van der Waals surface area contributed by atoms with Gasteiger partial charge in [0, 0.05) is 18.2 Å². The standard InChI is InChI=1S/C17H15F3N2O4S/c1-26-14-5-3-2-4-11(14)9-21-16(23)10-27-15-7-6-12(17(18,19)20)8-13(15)22(24)25/h2-8H,9-10H2,1H3,(H,21,23). The first-order chi connectivity index (χ1) is 12.7. The molecule has 0 aliphatic heterocycles. The van der Waals surface area contributed by atoms with Crippen LogP contribution in [-0.2, 0) is 17.5 Å². The van der Waals surface area contributed by atoms with Crippen LogP contribution in [0.25, 0.3) is 0 Å². The number of methoxy groups -OCH3 is 1. The lowest BCUT2D eigenvalue weighted by atomic mass is 10.2. The molecule has 0 radical (unpaired) electrons. The van der Waals surface area contributed by atoms with Crippen molar-refractivity contribution < 1.29 is 27.6 Å². The molecule has 1 N–H and O–H groups in total. The van der Waals surface area contributed by atoms with Gasteiger partial charge >= 0.3 is 6.18 Å². The van der Waals surface area contributed by atoms with E-state index in [1.807, 2.05) is 0 Å². The average molecular weight is 400 g/mol. The number of nitrogens with one attached hydrogen (secondary N) is 1. The van der Waals surface area contributed by atoms with Crippen LogP contribution in [0, 0.1) is 10.1 Å². The number of nitrogens with zero attached hydrogens (tertiary/aromatic N) is 1. The summed E-state index contributed by atoms with van der Waals surface area (Å²) in [6.07, 6.45) is -4.68. The summed E-state index contributed by atoms with van der Waals surface area (Å²) < 4.78 is 43.3.